The van der Waals surface area contributed by atoms with E-state index in [-0.39, 0.29) is 10.2 Å². The Morgan fingerprint density at radius 1 is 1.38 bits per heavy atom. The smallest absolute Gasteiger partial charge is 0.419 e. The summed E-state index contributed by atoms with van der Waals surface area (Å²) in [5.41, 5.74) is -3.84. The summed E-state index contributed by atoms with van der Waals surface area (Å²) < 4.78 is 40.8. The van der Waals surface area contributed by atoms with E-state index in [1.165, 1.54) is 12.1 Å². The van der Waals surface area contributed by atoms with Crippen molar-refractivity contribution < 1.29 is 17.9 Å². The predicted octanol–water partition coefficient (Wildman–Crippen LogP) is 3.76. The van der Waals surface area contributed by atoms with E-state index in [1.807, 2.05) is 0 Å². The highest BCUT2D eigenvalue weighted by molar-refractivity contribution is 9.10. The Bertz CT molecular complexity index is 313. The van der Waals surface area contributed by atoms with Gasteiger partial charge < -0.3 is 4.74 Å². The fourth-order valence-corrected chi connectivity index (χ4v) is 1.12. The summed E-state index contributed by atoms with van der Waals surface area (Å²) in [6.45, 7) is 0. The fraction of sp³-hybridized carbons (Fsp3) is 0.143. The van der Waals surface area contributed by atoms with Gasteiger partial charge in [0.25, 0.3) is 0 Å². The van der Waals surface area contributed by atoms with Gasteiger partial charge in [-0.1, -0.05) is 6.07 Å². The molecule has 72 valence electrons. The average Bonchev–Trinajstić information content (AvgIpc) is 1.96. The molecule has 0 atom stereocenters. The monoisotopic (exact) mass is 274 g/mol. The largest absolute Gasteiger partial charge is 0.487 e. The Balaban J connectivity index is 2.96. The SMILES string of the molecule is Fc1cccc(OC(F)(F)Cl)c1Br. The fourth-order valence-electron chi connectivity index (χ4n) is 0.688. The predicted molar refractivity (Wildman–Crippen MR) is 45.5 cm³/mol. The van der Waals surface area contributed by atoms with Crippen molar-refractivity contribution in [1.29, 1.82) is 0 Å². The van der Waals surface area contributed by atoms with Crippen molar-refractivity contribution in [3.8, 4) is 5.75 Å². The van der Waals surface area contributed by atoms with E-state index in [0.717, 1.165) is 6.07 Å². The molecule has 0 unspecified atom stereocenters. The number of ether oxygens (including phenoxy) is 1. The van der Waals surface area contributed by atoms with Gasteiger partial charge in [0.15, 0.2) is 0 Å². The normalized spacial score (nSPS) is 11.5. The van der Waals surface area contributed by atoms with Gasteiger partial charge in [0.05, 0.1) is 4.47 Å². The van der Waals surface area contributed by atoms with Crippen LogP contribution in [0.1, 0.15) is 0 Å². The van der Waals surface area contributed by atoms with Crippen molar-refractivity contribution >= 4 is 27.5 Å². The standard InChI is InChI=1S/C7H3BrClF3O/c8-6-4(10)2-1-3-5(6)13-7(9,11)12/h1-3H. The molecule has 0 fully saturated rings. The first-order valence-electron chi connectivity index (χ1n) is 3.10. The zero-order valence-corrected chi connectivity index (χ0v) is 8.37. The van der Waals surface area contributed by atoms with Crippen LogP contribution in [0.2, 0.25) is 0 Å². The molecule has 1 aromatic rings. The van der Waals surface area contributed by atoms with Crippen molar-refractivity contribution in [2.45, 2.75) is 5.57 Å². The first kappa shape index (κ1) is 10.7. The van der Waals surface area contributed by atoms with Crippen LogP contribution in [0.25, 0.3) is 0 Å². The molecule has 0 aliphatic rings. The van der Waals surface area contributed by atoms with Gasteiger partial charge in [0, 0.05) is 11.6 Å². The molecule has 0 spiro atoms. The summed E-state index contributed by atoms with van der Waals surface area (Å²) in [5, 5.41) is 0. The van der Waals surface area contributed by atoms with Crippen molar-refractivity contribution in [2.75, 3.05) is 0 Å². The third-order valence-corrected chi connectivity index (χ3v) is 1.99. The van der Waals surface area contributed by atoms with Crippen molar-refractivity contribution in [3.63, 3.8) is 0 Å². The molecule has 1 nitrogen and oxygen atoms in total. The van der Waals surface area contributed by atoms with Gasteiger partial charge in [-0.05, 0) is 28.1 Å². The minimum absolute atomic E-state index is 0.185. The lowest BCUT2D eigenvalue weighted by atomic mass is 10.3. The number of hydrogen-bond donors (Lipinski definition) is 0. The first-order chi connectivity index (χ1) is 5.90. The van der Waals surface area contributed by atoms with Crippen LogP contribution in [0.15, 0.2) is 22.7 Å². The quantitative estimate of drug-likeness (QED) is 0.747. The molecule has 0 saturated heterocycles. The highest BCUT2D eigenvalue weighted by Crippen LogP contribution is 2.32. The van der Waals surface area contributed by atoms with E-state index in [4.69, 9.17) is 0 Å². The van der Waals surface area contributed by atoms with E-state index in [1.54, 1.807) is 0 Å². The summed E-state index contributed by atoms with van der Waals surface area (Å²) in [6.07, 6.45) is 0. The summed E-state index contributed by atoms with van der Waals surface area (Å²) in [4.78, 5) is 0. The van der Waals surface area contributed by atoms with Crippen LogP contribution >= 0.6 is 27.5 Å². The number of hydrogen-bond acceptors (Lipinski definition) is 1. The number of alkyl halides is 3. The van der Waals surface area contributed by atoms with Gasteiger partial charge >= 0.3 is 5.57 Å². The molecule has 0 amide bonds. The lowest BCUT2D eigenvalue weighted by Gasteiger charge is -2.11. The molecule has 1 aromatic carbocycles. The van der Waals surface area contributed by atoms with Crippen LogP contribution in [-0.2, 0) is 0 Å². The maximum absolute atomic E-state index is 12.7. The summed E-state index contributed by atoms with van der Waals surface area (Å²) in [5.74, 6) is -1.04. The summed E-state index contributed by atoms with van der Waals surface area (Å²) in [6, 6.07) is 3.50. The van der Waals surface area contributed by atoms with Crippen LogP contribution in [0, 0.1) is 5.82 Å². The second kappa shape index (κ2) is 3.75. The number of rotatable bonds is 2. The molecular weight excluding hydrogens is 272 g/mol. The second-order valence-electron chi connectivity index (χ2n) is 2.10. The molecular formula is C7H3BrClF3O. The maximum atomic E-state index is 12.7. The molecule has 1 rings (SSSR count). The molecule has 13 heavy (non-hydrogen) atoms. The second-order valence-corrected chi connectivity index (χ2v) is 3.33. The Morgan fingerprint density at radius 2 is 2.00 bits per heavy atom. The minimum Gasteiger partial charge on any atom is -0.419 e. The molecule has 0 aliphatic heterocycles. The zero-order chi connectivity index (χ0) is 10.1. The van der Waals surface area contributed by atoms with E-state index < -0.39 is 11.4 Å². The van der Waals surface area contributed by atoms with Crippen LogP contribution in [0.4, 0.5) is 13.2 Å². The Morgan fingerprint density at radius 3 is 2.54 bits per heavy atom. The zero-order valence-electron chi connectivity index (χ0n) is 6.03. The minimum atomic E-state index is -3.84. The van der Waals surface area contributed by atoms with Gasteiger partial charge in [-0.2, -0.15) is 0 Å². The molecule has 0 aromatic heterocycles. The summed E-state index contributed by atoms with van der Waals surface area (Å²) in [7, 11) is 0. The van der Waals surface area contributed by atoms with Crippen molar-refractivity contribution in [3.05, 3.63) is 28.5 Å². The van der Waals surface area contributed by atoms with Crippen molar-refractivity contribution in [2.24, 2.45) is 0 Å². The van der Waals surface area contributed by atoms with Crippen LogP contribution in [0.5, 0.6) is 5.75 Å². The number of benzene rings is 1. The lowest BCUT2D eigenvalue weighted by molar-refractivity contribution is -0.0970. The maximum Gasteiger partial charge on any atom is 0.487 e. The van der Waals surface area contributed by atoms with E-state index in [0.29, 0.717) is 0 Å². The molecule has 0 radical (unpaired) electrons. The third-order valence-electron chi connectivity index (χ3n) is 1.14. The molecule has 0 aliphatic carbocycles. The van der Waals surface area contributed by atoms with Gasteiger partial charge in [-0.25, -0.2) is 4.39 Å². The molecule has 0 heterocycles. The van der Waals surface area contributed by atoms with E-state index in [9.17, 15) is 13.2 Å². The van der Waals surface area contributed by atoms with Gasteiger partial charge in [-0.15, -0.1) is 8.78 Å². The van der Waals surface area contributed by atoms with Gasteiger partial charge in [0.1, 0.15) is 11.6 Å². The molecule has 0 N–H and O–H groups in total. The highest BCUT2D eigenvalue weighted by atomic mass is 79.9. The van der Waals surface area contributed by atoms with Gasteiger partial charge in [-0.3, -0.25) is 0 Å². The van der Waals surface area contributed by atoms with E-state index >= 15 is 0 Å². The van der Waals surface area contributed by atoms with Crippen LogP contribution < -0.4 is 4.74 Å². The van der Waals surface area contributed by atoms with Crippen molar-refractivity contribution in [1.82, 2.24) is 0 Å². The molecule has 0 saturated carbocycles. The lowest BCUT2D eigenvalue weighted by Crippen LogP contribution is -2.16. The Labute approximate surface area is 85.6 Å². The Hall–Kier alpha value is -0.420. The number of halogens is 5. The van der Waals surface area contributed by atoms with Crippen LogP contribution in [-0.4, -0.2) is 5.57 Å². The topological polar surface area (TPSA) is 9.23 Å². The van der Waals surface area contributed by atoms with Crippen LogP contribution in [0.3, 0.4) is 0 Å². The van der Waals surface area contributed by atoms with E-state index in [2.05, 4.69) is 32.3 Å². The summed E-state index contributed by atoms with van der Waals surface area (Å²) >= 11 is 7.23. The molecule has 6 heteroatoms. The molecule has 0 bridgehead atoms. The third kappa shape index (κ3) is 3.08. The highest BCUT2D eigenvalue weighted by Gasteiger charge is 2.28. The first-order valence-corrected chi connectivity index (χ1v) is 4.27. The average molecular weight is 275 g/mol. The Kier molecular flexibility index (Phi) is 3.08. The van der Waals surface area contributed by atoms with Gasteiger partial charge in [0.2, 0.25) is 0 Å².